The molecular weight excluding hydrogens is 324 g/mol. The van der Waals surface area contributed by atoms with E-state index in [2.05, 4.69) is 10.3 Å². The van der Waals surface area contributed by atoms with Crippen molar-refractivity contribution in [2.75, 3.05) is 7.11 Å². The minimum atomic E-state index is -0.660. The fraction of sp³-hybridized carbons (Fsp3) is 0.389. The van der Waals surface area contributed by atoms with E-state index in [4.69, 9.17) is 4.74 Å². The SMILES string of the molecule is CCC(C)C(NC(=O)c1csc(Cc2ccccc2)n1)C(=O)OC. The Morgan fingerprint density at radius 2 is 2.00 bits per heavy atom. The van der Waals surface area contributed by atoms with Gasteiger partial charge in [-0.2, -0.15) is 0 Å². The molecule has 1 heterocycles. The first-order chi connectivity index (χ1) is 11.5. The standard InChI is InChI=1S/C18H22N2O3S/c1-4-12(2)16(18(22)23-3)20-17(21)14-11-24-15(19-14)10-13-8-6-5-7-9-13/h5-9,11-12,16H,4,10H2,1-3H3,(H,20,21). The zero-order valence-electron chi connectivity index (χ0n) is 14.1. The molecule has 2 atom stereocenters. The van der Waals surface area contributed by atoms with Crippen molar-refractivity contribution >= 4 is 23.2 Å². The first-order valence-corrected chi connectivity index (χ1v) is 8.80. The molecule has 2 aromatic rings. The molecule has 1 aromatic heterocycles. The Morgan fingerprint density at radius 3 is 2.62 bits per heavy atom. The molecule has 0 aliphatic heterocycles. The molecule has 2 rings (SSSR count). The highest BCUT2D eigenvalue weighted by Crippen LogP contribution is 2.16. The average Bonchev–Trinajstić information content (AvgIpc) is 3.07. The number of amides is 1. The highest BCUT2D eigenvalue weighted by molar-refractivity contribution is 7.09. The molecule has 0 aliphatic rings. The number of ether oxygens (including phenoxy) is 1. The molecule has 1 amide bonds. The number of hydrogen-bond donors (Lipinski definition) is 1. The lowest BCUT2D eigenvalue weighted by Gasteiger charge is -2.21. The van der Waals surface area contributed by atoms with Crippen molar-refractivity contribution in [1.82, 2.24) is 10.3 Å². The largest absolute Gasteiger partial charge is 0.467 e. The zero-order valence-corrected chi connectivity index (χ0v) is 14.9. The molecule has 0 bridgehead atoms. The number of rotatable bonds is 7. The van der Waals surface area contributed by atoms with Crippen LogP contribution < -0.4 is 5.32 Å². The summed E-state index contributed by atoms with van der Waals surface area (Å²) in [5, 5.41) is 5.33. The Morgan fingerprint density at radius 1 is 1.29 bits per heavy atom. The van der Waals surface area contributed by atoms with Gasteiger partial charge in [0.25, 0.3) is 5.91 Å². The number of esters is 1. The van der Waals surface area contributed by atoms with E-state index in [1.54, 1.807) is 5.38 Å². The topological polar surface area (TPSA) is 68.3 Å². The van der Waals surface area contributed by atoms with Crippen LogP contribution in [0.5, 0.6) is 0 Å². The molecule has 0 fully saturated rings. The number of methoxy groups -OCH3 is 1. The lowest BCUT2D eigenvalue weighted by atomic mass is 9.99. The number of benzene rings is 1. The normalized spacial score (nSPS) is 13.1. The first-order valence-electron chi connectivity index (χ1n) is 7.92. The number of hydrogen-bond acceptors (Lipinski definition) is 5. The summed E-state index contributed by atoms with van der Waals surface area (Å²) < 4.78 is 4.78. The van der Waals surface area contributed by atoms with E-state index >= 15 is 0 Å². The van der Waals surface area contributed by atoms with Crippen LogP contribution in [0.1, 0.15) is 41.3 Å². The summed E-state index contributed by atoms with van der Waals surface area (Å²) in [7, 11) is 1.32. The van der Waals surface area contributed by atoms with Gasteiger partial charge in [-0.3, -0.25) is 4.79 Å². The van der Waals surface area contributed by atoms with Gasteiger partial charge in [-0.05, 0) is 11.5 Å². The molecule has 128 valence electrons. The van der Waals surface area contributed by atoms with Gasteiger partial charge < -0.3 is 10.1 Å². The third-order valence-electron chi connectivity index (χ3n) is 3.94. The van der Waals surface area contributed by atoms with Gasteiger partial charge >= 0.3 is 5.97 Å². The summed E-state index contributed by atoms with van der Waals surface area (Å²) >= 11 is 1.44. The van der Waals surface area contributed by atoms with Crippen molar-refractivity contribution in [1.29, 1.82) is 0 Å². The second-order valence-electron chi connectivity index (χ2n) is 5.65. The Hall–Kier alpha value is -2.21. The van der Waals surface area contributed by atoms with E-state index < -0.39 is 12.0 Å². The van der Waals surface area contributed by atoms with Crippen molar-refractivity contribution in [3.05, 3.63) is 52.0 Å². The van der Waals surface area contributed by atoms with Crippen molar-refractivity contribution in [2.24, 2.45) is 5.92 Å². The highest BCUT2D eigenvalue weighted by Gasteiger charge is 2.27. The lowest BCUT2D eigenvalue weighted by Crippen LogP contribution is -2.45. The minimum Gasteiger partial charge on any atom is -0.467 e. The molecule has 2 unspecified atom stereocenters. The number of carbonyl (C=O) groups excluding carboxylic acids is 2. The van der Waals surface area contributed by atoms with Crippen LogP contribution in [-0.4, -0.2) is 30.0 Å². The number of carbonyl (C=O) groups is 2. The van der Waals surface area contributed by atoms with Crippen molar-refractivity contribution in [2.45, 2.75) is 32.7 Å². The maximum atomic E-state index is 12.4. The molecular formula is C18H22N2O3S. The fourth-order valence-corrected chi connectivity index (χ4v) is 3.09. The van der Waals surface area contributed by atoms with Crippen LogP contribution in [0.25, 0.3) is 0 Å². The van der Waals surface area contributed by atoms with Crippen LogP contribution in [0.3, 0.4) is 0 Å². The molecule has 0 aliphatic carbocycles. The van der Waals surface area contributed by atoms with E-state index in [-0.39, 0.29) is 11.8 Å². The molecule has 5 nitrogen and oxygen atoms in total. The van der Waals surface area contributed by atoms with Crippen molar-refractivity contribution < 1.29 is 14.3 Å². The van der Waals surface area contributed by atoms with E-state index in [0.717, 1.165) is 17.0 Å². The molecule has 1 aromatic carbocycles. The first kappa shape index (κ1) is 18.1. The fourth-order valence-electron chi connectivity index (χ4n) is 2.28. The van der Waals surface area contributed by atoms with E-state index in [1.165, 1.54) is 18.4 Å². The molecule has 0 radical (unpaired) electrons. The van der Waals surface area contributed by atoms with Crippen LogP contribution >= 0.6 is 11.3 Å². The highest BCUT2D eigenvalue weighted by atomic mass is 32.1. The van der Waals surface area contributed by atoms with Gasteiger partial charge in [0, 0.05) is 11.8 Å². The van der Waals surface area contributed by atoms with Crippen molar-refractivity contribution in [3.8, 4) is 0 Å². The summed E-state index contributed by atoms with van der Waals surface area (Å²) in [6, 6.07) is 9.31. The smallest absolute Gasteiger partial charge is 0.328 e. The molecule has 0 saturated heterocycles. The lowest BCUT2D eigenvalue weighted by molar-refractivity contribution is -0.144. The van der Waals surface area contributed by atoms with Crippen LogP contribution in [0.4, 0.5) is 0 Å². The summed E-state index contributed by atoms with van der Waals surface area (Å²) in [6.07, 6.45) is 1.45. The maximum Gasteiger partial charge on any atom is 0.328 e. The van der Waals surface area contributed by atoms with Gasteiger partial charge in [-0.1, -0.05) is 50.6 Å². The Labute approximate surface area is 146 Å². The van der Waals surface area contributed by atoms with Gasteiger partial charge in [-0.15, -0.1) is 11.3 Å². The quantitative estimate of drug-likeness (QED) is 0.783. The average molecular weight is 346 g/mol. The summed E-state index contributed by atoms with van der Waals surface area (Å²) in [4.78, 5) is 28.6. The third kappa shape index (κ3) is 4.64. The van der Waals surface area contributed by atoms with Gasteiger partial charge in [-0.25, -0.2) is 9.78 Å². The van der Waals surface area contributed by atoms with E-state index in [9.17, 15) is 9.59 Å². The van der Waals surface area contributed by atoms with Gasteiger partial charge in [0.15, 0.2) is 0 Å². The second kappa shape index (κ2) is 8.59. The van der Waals surface area contributed by atoms with Gasteiger partial charge in [0.1, 0.15) is 11.7 Å². The van der Waals surface area contributed by atoms with E-state index in [0.29, 0.717) is 12.1 Å². The third-order valence-corrected chi connectivity index (χ3v) is 4.79. The van der Waals surface area contributed by atoms with E-state index in [1.807, 2.05) is 44.2 Å². The summed E-state index contributed by atoms with van der Waals surface area (Å²) in [5.74, 6) is -0.789. The molecule has 24 heavy (non-hydrogen) atoms. The summed E-state index contributed by atoms with van der Waals surface area (Å²) in [5.41, 5.74) is 1.48. The summed E-state index contributed by atoms with van der Waals surface area (Å²) in [6.45, 7) is 3.87. The van der Waals surface area contributed by atoms with Gasteiger partial charge in [0.05, 0.1) is 12.1 Å². The van der Waals surface area contributed by atoms with Crippen LogP contribution in [-0.2, 0) is 16.0 Å². The minimum absolute atomic E-state index is 0.0103. The predicted molar refractivity (Wildman–Crippen MR) is 94.1 cm³/mol. The Balaban J connectivity index is 2.05. The van der Waals surface area contributed by atoms with Crippen LogP contribution in [0.2, 0.25) is 0 Å². The Bertz CT molecular complexity index is 685. The Kier molecular flexibility index (Phi) is 6.49. The number of nitrogens with one attached hydrogen (secondary N) is 1. The van der Waals surface area contributed by atoms with Crippen LogP contribution in [0.15, 0.2) is 35.7 Å². The van der Waals surface area contributed by atoms with Crippen molar-refractivity contribution in [3.63, 3.8) is 0 Å². The predicted octanol–water partition coefficient (Wildman–Crippen LogP) is 3.05. The maximum absolute atomic E-state index is 12.4. The number of thiazole rings is 1. The zero-order chi connectivity index (χ0) is 17.5. The van der Waals surface area contributed by atoms with Gasteiger partial charge in [0.2, 0.25) is 0 Å². The molecule has 0 spiro atoms. The number of aromatic nitrogens is 1. The molecule has 6 heteroatoms. The van der Waals surface area contributed by atoms with Crippen LogP contribution in [0, 0.1) is 5.92 Å². The number of nitrogens with zero attached hydrogens (tertiary/aromatic N) is 1. The monoisotopic (exact) mass is 346 g/mol. The molecule has 0 saturated carbocycles. The second-order valence-corrected chi connectivity index (χ2v) is 6.59. The molecule has 1 N–H and O–H groups in total.